The number of anilines is 1. The third-order valence-corrected chi connectivity index (χ3v) is 6.36. The van der Waals surface area contributed by atoms with E-state index < -0.39 is 18.0 Å². The largest absolute Gasteiger partial charge is 0.479 e. The molecule has 1 heterocycles. The van der Waals surface area contributed by atoms with Crippen molar-refractivity contribution in [2.75, 3.05) is 12.4 Å². The third-order valence-electron chi connectivity index (χ3n) is 4.82. The van der Waals surface area contributed by atoms with Crippen molar-refractivity contribution in [3.63, 3.8) is 0 Å². The highest BCUT2D eigenvalue weighted by Crippen LogP contribution is 2.40. The number of esters is 1. The number of hydrazine groups is 1. The van der Waals surface area contributed by atoms with E-state index in [2.05, 4.69) is 16.2 Å². The van der Waals surface area contributed by atoms with Gasteiger partial charge in [0.15, 0.2) is 11.2 Å². The van der Waals surface area contributed by atoms with Gasteiger partial charge in [-0.1, -0.05) is 48.0 Å². The van der Waals surface area contributed by atoms with Crippen molar-refractivity contribution >= 4 is 57.1 Å². The molecule has 0 aliphatic rings. The number of benzene rings is 2. The molecule has 3 N–H and O–H groups in total. The van der Waals surface area contributed by atoms with E-state index in [1.54, 1.807) is 19.1 Å². The first-order valence-corrected chi connectivity index (χ1v) is 11.9. The first kappa shape index (κ1) is 25.5. The van der Waals surface area contributed by atoms with E-state index in [1.807, 2.05) is 50.2 Å². The van der Waals surface area contributed by atoms with E-state index in [-0.39, 0.29) is 5.11 Å². The quantitative estimate of drug-likeness (QED) is 0.233. The highest BCUT2D eigenvalue weighted by molar-refractivity contribution is 7.80. The van der Waals surface area contributed by atoms with Crippen LogP contribution in [-0.4, -0.2) is 30.2 Å². The Morgan fingerprint density at radius 2 is 1.79 bits per heavy atom. The SMILES string of the molecule is COC(=O)c1c(NC(=S)NNC(=O)C(C)Oc2cc(C)ccc2Cl)sc(C)c1-c1ccccc1. The molecule has 2 aromatic carbocycles. The smallest absolute Gasteiger partial charge is 0.341 e. The van der Waals surface area contributed by atoms with Crippen molar-refractivity contribution in [3.8, 4) is 16.9 Å². The Kier molecular flexibility index (Phi) is 8.49. The van der Waals surface area contributed by atoms with E-state index in [0.717, 1.165) is 21.6 Å². The molecule has 0 radical (unpaired) electrons. The summed E-state index contributed by atoms with van der Waals surface area (Å²) >= 11 is 12.8. The molecule has 1 atom stereocenters. The van der Waals surface area contributed by atoms with E-state index in [4.69, 9.17) is 33.3 Å². The minimum absolute atomic E-state index is 0.0974. The van der Waals surface area contributed by atoms with Crippen molar-refractivity contribution in [2.45, 2.75) is 26.9 Å². The first-order chi connectivity index (χ1) is 16.2. The minimum Gasteiger partial charge on any atom is -0.479 e. The summed E-state index contributed by atoms with van der Waals surface area (Å²) in [6.45, 7) is 5.41. The van der Waals surface area contributed by atoms with Gasteiger partial charge in [-0.3, -0.25) is 15.6 Å². The number of hydrogen-bond acceptors (Lipinski definition) is 6. The van der Waals surface area contributed by atoms with E-state index in [0.29, 0.717) is 21.3 Å². The van der Waals surface area contributed by atoms with Gasteiger partial charge < -0.3 is 14.8 Å². The average molecular weight is 518 g/mol. The first-order valence-electron chi connectivity index (χ1n) is 10.3. The summed E-state index contributed by atoms with van der Waals surface area (Å²) in [4.78, 5) is 26.0. The topological polar surface area (TPSA) is 88.7 Å². The molecule has 0 saturated carbocycles. The molecule has 1 unspecified atom stereocenters. The van der Waals surface area contributed by atoms with E-state index >= 15 is 0 Å². The molecule has 0 saturated heterocycles. The van der Waals surface area contributed by atoms with Crippen molar-refractivity contribution in [1.82, 2.24) is 10.9 Å². The summed E-state index contributed by atoms with van der Waals surface area (Å²) in [6, 6.07) is 14.9. The summed E-state index contributed by atoms with van der Waals surface area (Å²) in [5.74, 6) is -0.535. The second-order valence-corrected chi connectivity index (χ2v) is 9.40. The Hall–Kier alpha value is -3.14. The van der Waals surface area contributed by atoms with Crippen LogP contribution in [0.4, 0.5) is 5.00 Å². The van der Waals surface area contributed by atoms with Crippen LogP contribution in [0.1, 0.15) is 27.7 Å². The lowest BCUT2D eigenvalue weighted by Gasteiger charge is -2.17. The molecule has 1 amide bonds. The number of ether oxygens (including phenoxy) is 2. The molecule has 178 valence electrons. The van der Waals surface area contributed by atoms with Gasteiger partial charge >= 0.3 is 5.97 Å². The maximum Gasteiger partial charge on any atom is 0.341 e. The maximum absolute atomic E-state index is 12.6. The van der Waals surface area contributed by atoms with Crippen LogP contribution in [0.15, 0.2) is 48.5 Å². The van der Waals surface area contributed by atoms with Crippen LogP contribution in [0.25, 0.3) is 11.1 Å². The summed E-state index contributed by atoms with van der Waals surface area (Å²) in [5.41, 5.74) is 8.12. The number of methoxy groups -OCH3 is 1. The van der Waals surface area contributed by atoms with Gasteiger partial charge in [-0.05, 0) is 56.2 Å². The zero-order chi connectivity index (χ0) is 24.8. The minimum atomic E-state index is -0.839. The van der Waals surface area contributed by atoms with Crippen LogP contribution >= 0.6 is 35.2 Å². The molecule has 10 heteroatoms. The molecular weight excluding hydrogens is 494 g/mol. The van der Waals surface area contributed by atoms with Gasteiger partial charge in [-0.2, -0.15) is 0 Å². The molecule has 3 aromatic rings. The lowest BCUT2D eigenvalue weighted by atomic mass is 10.0. The summed E-state index contributed by atoms with van der Waals surface area (Å²) in [7, 11) is 1.33. The predicted octanol–water partition coefficient (Wildman–Crippen LogP) is 5.26. The van der Waals surface area contributed by atoms with Crippen molar-refractivity contribution in [2.24, 2.45) is 0 Å². The molecule has 0 aliphatic carbocycles. The number of aryl methyl sites for hydroxylation is 2. The number of hydrogen-bond donors (Lipinski definition) is 3. The number of amides is 1. The Labute approximate surface area is 212 Å². The molecule has 3 rings (SSSR count). The zero-order valence-electron chi connectivity index (χ0n) is 19.0. The maximum atomic E-state index is 12.6. The number of thiophene rings is 1. The fourth-order valence-corrected chi connectivity index (χ4v) is 4.63. The second-order valence-electron chi connectivity index (χ2n) is 7.36. The Morgan fingerprint density at radius 1 is 1.09 bits per heavy atom. The van der Waals surface area contributed by atoms with Gasteiger partial charge in [0.25, 0.3) is 5.91 Å². The van der Waals surface area contributed by atoms with Gasteiger partial charge in [-0.25, -0.2) is 4.79 Å². The Bertz CT molecular complexity index is 1210. The van der Waals surface area contributed by atoms with Gasteiger partial charge in [0.2, 0.25) is 0 Å². The predicted molar refractivity (Wildman–Crippen MR) is 140 cm³/mol. The molecule has 0 fully saturated rings. The molecule has 0 spiro atoms. The summed E-state index contributed by atoms with van der Waals surface area (Å²) in [5, 5.41) is 3.99. The van der Waals surface area contributed by atoms with Crippen LogP contribution < -0.4 is 20.9 Å². The molecule has 7 nitrogen and oxygen atoms in total. The van der Waals surface area contributed by atoms with Crippen LogP contribution in [0.3, 0.4) is 0 Å². The highest BCUT2D eigenvalue weighted by Gasteiger charge is 2.25. The number of carbonyl (C=O) groups excluding carboxylic acids is 2. The third kappa shape index (κ3) is 6.05. The van der Waals surface area contributed by atoms with Gasteiger partial charge in [-0.15, -0.1) is 11.3 Å². The average Bonchev–Trinajstić information content (AvgIpc) is 3.15. The number of carbonyl (C=O) groups is 2. The van der Waals surface area contributed by atoms with E-state index in [9.17, 15) is 9.59 Å². The fraction of sp³-hybridized carbons (Fsp3) is 0.208. The van der Waals surface area contributed by atoms with E-state index in [1.165, 1.54) is 18.4 Å². The number of nitrogens with one attached hydrogen (secondary N) is 3. The monoisotopic (exact) mass is 517 g/mol. The standard InChI is InChI=1S/C24H24ClN3O4S2/c1-13-10-11-17(25)18(12-13)32-14(2)21(29)27-28-24(33)26-22-20(23(30)31-4)19(15(3)34-22)16-8-6-5-7-9-16/h5-12,14H,1-4H3,(H,27,29)(H2,26,28,33). The second kappa shape index (κ2) is 11.3. The van der Waals surface area contributed by atoms with Crippen molar-refractivity contribution in [3.05, 3.63) is 69.6 Å². The fourth-order valence-electron chi connectivity index (χ4n) is 3.18. The molecule has 34 heavy (non-hydrogen) atoms. The van der Waals surface area contributed by atoms with Gasteiger partial charge in [0, 0.05) is 10.4 Å². The lowest BCUT2D eigenvalue weighted by molar-refractivity contribution is -0.127. The highest BCUT2D eigenvalue weighted by atomic mass is 35.5. The summed E-state index contributed by atoms with van der Waals surface area (Å²) < 4.78 is 10.7. The van der Waals surface area contributed by atoms with Crippen molar-refractivity contribution < 1.29 is 19.1 Å². The summed E-state index contributed by atoms with van der Waals surface area (Å²) in [6.07, 6.45) is -0.839. The molecule has 0 aliphatic heterocycles. The molecular formula is C24H24ClN3O4S2. The number of thiocarbonyl (C=S) groups is 1. The lowest BCUT2D eigenvalue weighted by Crippen LogP contribution is -2.48. The molecule has 1 aromatic heterocycles. The van der Waals surface area contributed by atoms with Crippen LogP contribution in [-0.2, 0) is 9.53 Å². The van der Waals surface area contributed by atoms with Crippen LogP contribution in [0.2, 0.25) is 5.02 Å². The van der Waals surface area contributed by atoms with Gasteiger partial charge in [0.05, 0.1) is 12.1 Å². The molecule has 0 bridgehead atoms. The van der Waals surface area contributed by atoms with Gasteiger partial charge in [0.1, 0.15) is 16.3 Å². The van der Waals surface area contributed by atoms with Crippen LogP contribution in [0.5, 0.6) is 5.75 Å². The number of rotatable bonds is 6. The zero-order valence-corrected chi connectivity index (χ0v) is 21.4. The Balaban J connectivity index is 1.68. The number of halogens is 1. The van der Waals surface area contributed by atoms with Crippen LogP contribution in [0, 0.1) is 13.8 Å². The normalized spacial score (nSPS) is 11.3. The van der Waals surface area contributed by atoms with Crippen molar-refractivity contribution in [1.29, 1.82) is 0 Å². The Morgan fingerprint density at radius 3 is 2.47 bits per heavy atom.